The maximum Gasteiger partial charge on any atom is 0.224 e. The van der Waals surface area contributed by atoms with Crippen LogP contribution in [0.5, 0.6) is 5.75 Å². The van der Waals surface area contributed by atoms with Gasteiger partial charge in [0.25, 0.3) is 0 Å². The van der Waals surface area contributed by atoms with Crippen molar-refractivity contribution in [2.24, 2.45) is 0 Å². The van der Waals surface area contributed by atoms with Crippen LogP contribution in [0.3, 0.4) is 0 Å². The van der Waals surface area contributed by atoms with Gasteiger partial charge in [0.2, 0.25) is 5.12 Å². The normalized spacial score (nSPS) is 10.2. The van der Waals surface area contributed by atoms with Gasteiger partial charge in [0.1, 0.15) is 12.0 Å². The van der Waals surface area contributed by atoms with Gasteiger partial charge in [-0.05, 0) is 23.8 Å². The summed E-state index contributed by atoms with van der Waals surface area (Å²) in [4.78, 5) is 11.0. The Morgan fingerprint density at radius 2 is 1.79 bits per heavy atom. The zero-order chi connectivity index (χ0) is 13.8. The zero-order valence-corrected chi connectivity index (χ0v) is 11.2. The van der Waals surface area contributed by atoms with Crippen LogP contribution in [0, 0.1) is 0 Å². The number of hydrogen-bond acceptors (Lipinski definition) is 5. The summed E-state index contributed by atoms with van der Waals surface area (Å²) < 4.78 is 5.42. The van der Waals surface area contributed by atoms with Crippen molar-refractivity contribution < 1.29 is 8.98 Å². The summed E-state index contributed by atoms with van der Waals surface area (Å²) in [5.41, 5.74) is 14.5. The van der Waals surface area contributed by atoms with Crippen LogP contribution in [0.2, 0.25) is 0 Å². The molecule has 5 heteroatoms. The number of rotatable bonds is 3. The summed E-state index contributed by atoms with van der Waals surface area (Å²) in [6, 6.07) is 12.8. The van der Waals surface area contributed by atoms with Crippen molar-refractivity contribution in [2.75, 3.05) is 11.5 Å². The lowest BCUT2D eigenvalue weighted by molar-refractivity contribution is -0.109. The Hall–Kier alpha value is -2.14. The fourth-order valence-corrected chi connectivity index (χ4v) is 2.02. The molecule has 0 saturated heterocycles. The fourth-order valence-electron chi connectivity index (χ4n) is 1.64. The van der Waals surface area contributed by atoms with Crippen molar-refractivity contribution >= 4 is 28.5 Å². The summed E-state index contributed by atoms with van der Waals surface area (Å²) in [5.74, 6) is 0.493. The molecule has 0 aliphatic carbocycles. The second kappa shape index (κ2) is 5.67. The van der Waals surface area contributed by atoms with E-state index in [9.17, 15) is 4.79 Å². The molecule has 4 N–H and O–H groups in total. The number of benzene rings is 2. The number of anilines is 2. The molecule has 0 saturated carbocycles. The number of nitrogen functional groups attached to an aromatic ring is 2. The fraction of sp³-hybridized carbons (Fsp3) is 0.0714. The van der Waals surface area contributed by atoms with Crippen LogP contribution in [0.25, 0.3) is 11.1 Å². The molecule has 4 nitrogen and oxygen atoms in total. The summed E-state index contributed by atoms with van der Waals surface area (Å²) in [6.45, 7) is 1.44. The molecule has 0 atom stereocenters. The summed E-state index contributed by atoms with van der Waals surface area (Å²) in [7, 11) is 0. The third-order valence-corrected chi connectivity index (χ3v) is 2.99. The maximum absolute atomic E-state index is 11.0. The average molecular weight is 274 g/mol. The summed E-state index contributed by atoms with van der Waals surface area (Å²) in [6.07, 6.45) is 0. The molecule has 0 spiro atoms. The van der Waals surface area contributed by atoms with Crippen LogP contribution in [-0.4, -0.2) is 5.12 Å². The first-order valence-corrected chi connectivity index (χ1v) is 6.41. The first-order valence-electron chi connectivity index (χ1n) is 5.67. The lowest BCUT2D eigenvalue weighted by Crippen LogP contribution is -1.96. The monoisotopic (exact) mass is 274 g/mol. The van der Waals surface area contributed by atoms with Gasteiger partial charge < -0.3 is 15.7 Å². The topological polar surface area (TPSA) is 78.3 Å². The van der Waals surface area contributed by atoms with E-state index in [0.717, 1.165) is 23.2 Å². The molecule has 0 aliphatic rings. The molecule has 0 radical (unpaired) electrons. The SMILES string of the molecule is CC(=O)SOc1c(N)cccc1-c1ccc(N)cc1. The Morgan fingerprint density at radius 1 is 1.11 bits per heavy atom. The van der Waals surface area contributed by atoms with Crippen LogP contribution < -0.4 is 15.7 Å². The highest BCUT2D eigenvalue weighted by atomic mass is 32.2. The minimum Gasteiger partial charge on any atom is -0.415 e. The second-order valence-electron chi connectivity index (χ2n) is 4.00. The van der Waals surface area contributed by atoms with Crippen molar-refractivity contribution in [3.8, 4) is 16.9 Å². The Balaban J connectivity index is 2.41. The number of carbonyl (C=O) groups excluding carboxylic acids is 1. The van der Waals surface area contributed by atoms with Crippen LogP contribution >= 0.6 is 12.0 Å². The third-order valence-electron chi connectivity index (χ3n) is 2.51. The van der Waals surface area contributed by atoms with Crippen LogP contribution in [-0.2, 0) is 4.79 Å². The third kappa shape index (κ3) is 3.20. The lowest BCUT2D eigenvalue weighted by Gasteiger charge is -2.11. The van der Waals surface area contributed by atoms with Gasteiger partial charge in [-0.2, -0.15) is 0 Å². The Labute approximate surface area is 116 Å². The highest BCUT2D eigenvalue weighted by Gasteiger charge is 2.11. The van der Waals surface area contributed by atoms with Crippen molar-refractivity contribution in [1.82, 2.24) is 0 Å². The molecule has 2 aromatic rings. The van der Waals surface area contributed by atoms with E-state index >= 15 is 0 Å². The lowest BCUT2D eigenvalue weighted by atomic mass is 10.0. The van der Waals surface area contributed by atoms with E-state index in [0.29, 0.717) is 17.1 Å². The van der Waals surface area contributed by atoms with E-state index in [4.69, 9.17) is 15.7 Å². The maximum atomic E-state index is 11.0. The highest BCUT2D eigenvalue weighted by Crippen LogP contribution is 2.37. The van der Waals surface area contributed by atoms with Gasteiger partial charge in [0.15, 0.2) is 5.75 Å². The zero-order valence-electron chi connectivity index (χ0n) is 10.4. The van der Waals surface area contributed by atoms with E-state index in [1.54, 1.807) is 18.2 Å². The quantitative estimate of drug-likeness (QED) is 0.664. The molecular formula is C14H14N2O2S. The van der Waals surface area contributed by atoms with E-state index in [2.05, 4.69) is 0 Å². The van der Waals surface area contributed by atoms with Gasteiger partial charge >= 0.3 is 0 Å². The molecule has 0 heterocycles. The molecule has 19 heavy (non-hydrogen) atoms. The molecule has 0 fully saturated rings. The van der Waals surface area contributed by atoms with Crippen molar-refractivity contribution in [3.63, 3.8) is 0 Å². The van der Waals surface area contributed by atoms with E-state index in [1.807, 2.05) is 24.3 Å². The molecule has 0 unspecified atom stereocenters. The molecule has 0 amide bonds. The number of carbonyl (C=O) groups is 1. The summed E-state index contributed by atoms with van der Waals surface area (Å²) in [5, 5.41) is -0.133. The molecule has 2 aromatic carbocycles. The molecule has 0 bridgehead atoms. The Bertz CT molecular complexity index is 597. The minimum atomic E-state index is -0.133. The van der Waals surface area contributed by atoms with E-state index in [1.165, 1.54) is 6.92 Å². The first-order chi connectivity index (χ1) is 9.08. The minimum absolute atomic E-state index is 0.133. The van der Waals surface area contributed by atoms with E-state index < -0.39 is 0 Å². The van der Waals surface area contributed by atoms with E-state index in [-0.39, 0.29) is 5.12 Å². The molecular weight excluding hydrogens is 260 g/mol. The highest BCUT2D eigenvalue weighted by molar-refractivity contribution is 8.09. The number of hydrogen-bond donors (Lipinski definition) is 2. The summed E-state index contributed by atoms with van der Waals surface area (Å²) >= 11 is 0.767. The van der Waals surface area contributed by atoms with Crippen molar-refractivity contribution in [2.45, 2.75) is 6.92 Å². The van der Waals surface area contributed by atoms with Gasteiger partial charge in [0, 0.05) is 18.2 Å². The van der Waals surface area contributed by atoms with Gasteiger partial charge in [-0.1, -0.05) is 24.3 Å². The van der Waals surface area contributed by atoms with Gasteiger partial charge in [0.05, 0.1) is 5.69 Å². The van der Waals surface area contributed by atoms with Crippen LogP contribution in [0.1, 0.15) is 6.92 Å². The van der Waals surface area contributed by atoms with Gasteiger partial charge in [-0.25, -0.2) is 0 Å². The Morgan fingerprint density at radius 3 is 2.42 bits per heavy atom. The number of nitrogens with two attached hydrogens (primary N) is 2. The van der Waals surface area contributed by atoms with Crippen LogP contribution in [0.4, 0.5) is 11.4 Å². The largest absolute Gasteiger partial charge is 0.415 e. The Kier molecular flexibility index (Phi) is 3.97. The van der Waals surface area contributed by atoms with Crippen molar-refractivity contribution in [1.29, 1.82) is 0 Å². The molecule has 98 valence electrons. The van der Waals surface area contributed by atoms with Gasteiger partial charge in [-0.15, -0.1) is 0 Å². The number of para-hydroxylation sites is 1. The molecule has 0 aromatic heterocycles. The predicted octanol–water partition coefficient (Wildman–Crippen LogP) is 3.09. The molecule has 2 rings (SSSR count). The first kappa shape index (κ1) is 13.3. The smallest absolute Gasteiger partial charge is 0.224 e. The molecule has 0 aliphatic heterocycles. The standard InChI is InChI=1S/C14H14N2O2S/c1-9(17)19-18-14-12(3-2-4-13(14)16)10-5-7-11(15)8-6-10/h2-8H,15-16H2,1H3. The van der Waals surface area contributed by atoms with Gasteiger partial charge in [-0.3, -0.25) is 4.79 Å². The second-order valence-corrected chi connectivity index (χ2v) is 4.91. The van der Waals surface area contributed by atoms with Crippen LogP contribution in [0.15, 0.2) is 42.5 Å². The average Bonchev–Trinajstić information content (AvgIpc) is 2.38. The van der Waals surface area contributed by atoms with Crippen molar-refractivity contribution in [3.05, 3.63) is 42.5 Å². The predicted molar refractivity (Wildman–Crippen MR) is 79.6 cm³/mol.